The third-order valence-electron chi connectivity index (χ3n) is 2.93. The molecule has 0 spiro atoms. The summed E-state index contributed by atoms with van der Waals surface area (Å²) in [5.41, 5.74) is 1.42. The average molecular weight is 349 g/mol. The maximum absolute atomic E-state index is 12.4. The molecule has 21 heavy (non-hydrogen) atoms. The topological polar surface area (TPSA) is 46.5 Å². The summed E-state index contributed by atoms with van der Waals surface area (Å²) >= 11 is 3.43. The molecule has 1 N–H and O–H groups in total. The van der Waals surface area contributed by atoms with Crippen LogP contribution in [0.4, 0.5) is 0 Å². The van der Waals surface area contributed by atoms with E-state index in [0.717, 1.165) is 11.3 Å². The highest BCUT2D eigenvalue weighted by atomic mass is 79.9. The van der Waals surface area contributed by atoms with Crippen LogP contribution in [0.15, 0.2) is 48.5 Å². The van der Waals surface area contributed by atoms with E-state index < -0.39 is 4.83 Å². The number of aromatic hydroxyl groups is 1. The van der Waals surface area contributed by atoms with E-state index >= 15 is 0 Å². The number of phenols is 1. The highest BCUT2D eigenvalue weighted by Crippen LogP contribution is 2.29. The second kappa shape index (κ2) is 6.76. The first-order valence-corrected chi connectivity index (χ1v) is 7.63. The fraction of sp³-hybridized carbons (Fsp3) is 0.235. The van der Waals surface area contributed by atoms with Crippen molar-refractivity contribution in [3.05, 3.63) is 59.7 Å². The minimum atomic E-state index is -0.421. The zero-order valence-electron chi connectivity index (χ0n) is 11.9. The third-order valence-corrected chi connectivity index (χ3v) is 3.87. The Morgan fingerprint density at radius 1 is 1.05 bits per heavy atom. The fourth-order valence-corrected chi connectivity index (χ4v) is 2.48. The van der Waals surface area contributed by atoms with Crippen LogP contribution in [-0.4, -0.2) is 17.0 Å². The SMILES string of the molecule is CC(C)Oc1ccc(C(Br)C(=O)c2ccc(O)cc2)cc1. The van der Waals surface area contributed by atoms with Gasteiger partial charge in [0, 0.05) is 5.56 Å². The number of rotatable bonds is 5. The number of Topliss-reactive ketones (excluding diaryl/α,β-unsaturated/α-hetero) is 1. The Kier molecular flexibility index (Phi) is 5.02. The zero-order valence-corrected chi connectivity index (χ0v) is 13.5. The molecular weight excluding hydrogens is 332 g/mol. The molecule has 0 aliphatic rings. The molecule has 110 valence electrons. The lowest BCUT2D eigenvalue weighted by Gasteiger charge is -2.12. The van der Waals surface area contributed by atoms with E-state index in [9.17, 15) is 9.90 Å². The van der Waals surface area contributed by atoms with E-state index in [0.29, 0.717) is 5.56 Å². The smallest absolute Gasteiger partial charge is 0.180 e. The second-order valence-corrected chi connectivity index (χ2v) is 5.92. The number of hydrogen-bond acceptors (Lipinski definition) is 3. The number of carbonyl (C=O) groups excluding carboxylic acids is 1. The molecule has 0 aliphatic carbocycles. The monoisotopic (exact) mass is 348 g/mol. The van der Waals surface area contributed by atoms with Crippen LogP contribution in [0.3, 0.4) is 0 Å². The van der Waals surface area contributed by atoms with Gasteiger partial charge in [0.05, 0.1) is 6.10 Å². The molecule has 2 aromatic rings. The van der Waals surface area contributed by atoms with Crippen LogP contribution in [0.25, 0.3) is 0 Å². The number of hydrogen-bond donors (Lipinski definition) is 1. The molecule has 1 unspecified atom stereocenters. The first kappa shape index (κ1) is 15.6. The van der Waals surface area contributed by atoms with Gasteiger partial charge in [-0.1, -0.05) is 28.1 Å². The summed E-state index contributed by atoms with van der Waals surface area (Å²) in [5.74, 6) is 0.880. The Morgan fingerprint density at radius 2 is 1.62 bits per heavy atom. The lowest BCUT2D eigenvalue weighted by atomic mass is 10.0. The summed E-state index contributed by atoms with van der Waals surface area (Å²) in [7, 11) is 0. The second-order valence-electron chi connectivity index (χ2n) is 5.01. The van der Waals surface area contributed by atoms with Gasteiger partial charge >= 0.3 is 0 Å². The molecule has 0 aromatic heterocycles. The van der Waals surface area contributed by atoms with E-state index in [4.69, 9.17) is 4.74 Å². The number of alkyl halides is 1. The summed E-state index contributed by atoms with van der Waals surface area (Å²) in [6.07, 6.45) is 0.120. The molecule has 1 atom stereocenters. The van der Waals surface area contributed by atoms with Crippen LogP contribution in [0.5, 0.6) is 11.5 Å². The van der Waals surface area contributed by atoms with Crippen molar-refractivity contribution in [3.63, 3.8) is 0 Å². The van der Waals surface area contributed by atoms with Crippen molar-refractivity contribution in [1.82, 2.24) is 0 Å². The Morgan fingerprint density at radius 3 is 2.14 bits per heavy atom. The van der Waals surface area contributed by atoms with Crippen LogP contribution in [0, 0.1) is 0 Å². The van der Waals surface area contributed by atoms with Crippen LogP contribution < -0.4 is 4.74 Å². The number of phenolic OH excluding ortho intramolecular Hbond substituents is 1. The van der Waals surface area contributed by atoms with E-state index in [1.807, 2.05) is 38.1 Å². The molecule has 0 bridgehead atoms. The molecule has 0 heterocycles. The van der Waals surface area contributed by atoms with Gasteiger partial charge in [-0.05, 0) is 55.8 Å². The number of ketones is 1. The predicted molar refractivity (Wildman–Crippen MR) is 86.3 cm³/mol. The van der Waals surface area contributed by atoms with E-state index in [1.165, 1.54) is 12.1 Å². The van der Waals surface area contributed by atoms with E-state index in [1.54, 1.807) is 12.1 Å². The summed E-state index contributed by atoms with van der Waals surface area (Å²) < 4.78 is 5.58. The Hall–Kier alpha value is -1.81. The zero-order chi connectivity index (χ0) is 15.4. The number of carbonyl (C=O) groups is 1. The van der Waals surface area contributed by atoms with Crippen molar-refractivity contribution in [3.8, 4) is 11.5 Å². The third kappa shape index (κ3) is 4.08. The number of halogens is 1. The van der Waals surface area contributed by atoms with Crippen molar-refractivity contribution in [2.45, 2.75) is 24.8 Å². The highest BCUT2D eigenvalue weighted by molar-refractivity contribution is 9.09. The van der Waals surface area contributed by atoms with Gasteiger partial charge in [0.25, 0.3) is 0 Å². The minimum Gasteiger partial charge on any atom is -0.508 e. The van der Waals surface area contributed by atoms with Crippen LogP contribution in [0.2, 0.25) is 0 Å². The molecular formula is C17H17BrO3. The summed E-state index contributed by atoms with van der Waals surface area (Å²) in [5, 5.41) is 9.26. The standard InChI is InChI=1S/C17H17BrO3/c1-11(2)21-15-9-5-12(6-10-15)16(18)17(20)13-3-7-14(19)8-4-13/h3-11,16,19H,1-2H3. The quantitative estimate of drug-likeness (QED) is 0.639. The summed E-state index contributed by atoms with van der Waals surface area (Å²) in [4.78, 5) is 11.9. The number of benzene rings is 2. The molecule has 2 rings (SSSR count). The Labute approximate surface area is 132 Å². The van der Waals surface area contributed by atoms with E-state index in [2.05, 4.69) is 15.9 Å². The Bertz CT molecular complexity index is 603. The Balaban J connectivity index is 2.13. The fourth-order valence-electron chi connectivity index (χ4n) is 1.91. The summed E-state index contributed by atoms with van der Waals surface area (Å²) in [6, 6.07) is 13.7. The molecule has 0 amide bonds. The van der Waals surface area contributed by atoms with Gasteiger partial charge in [0.15, 0.2) is 5.78 Å². The molecule has 0 saturated heterocycles. The molecule has 0 saturated carbocycles. The maximum atomic E-state index is 12.4. The average Bonchev–Trinajstić information content (AvgIpc) is 2.47. The first-order chi connectivity index (χ1) is 9.97. The minimum absolute atomic E-state index is 0.0486. The number of ether oxygens (including phenoxy) is 1. The van der Waals surface area contributed by atoms with Crippen molar-refractivity contribution >= 4 is 21.7 Å². The van der Waals surface area contributed by atoms with Crippen molar-refractivity contribution in [1.29, 1.82) is 0 Å². The molecule has 4 heteroatoms. The van der Waals surface area contributed by atoms with Gasteiger partial charge in [0.1, 0.15) is 16.3 Å². The largest absolute Gasteiger partial charge is 0.508 e. The lowest BCUT2D eigenvalue weighted by molar-refractivity contribution is 0.0991. The van der Waals surface area contributed by atoms with Crippen molar-refractivity contribution in [2.75, 3.05) is 0 Å². The molecule has 3 nitrogen and oxygen atoms in total. The first-order valence-electron chi connectivity index (χ1n) is 6.71. The molecule has 0 aliphatic heterocycles. The van der Waals surface area contributed by atoms with Gasteiger partial charge < -0.3 is 9.84 Å². The molecule has 0 radical (unpaired) electrons. The lowest BCUT2D eigenvalue weighted by Crippen LogP contribution is -2.08. The van der Waals surface area contributed by atoms with Crippen molar-refractivity contribution < 1.29 is 14.6 Å². The normalized spacial score (nSPS) is 12.2. The van der Waals surface area contributed by atoms with Gasteiger partial charge in [-0.25, -0.2) is 0 Å². The van der Waals surface area contributed by atoms with Crippen LogP contribution >= 0.6 is 15.9 Å². The van der Waals surface area contributed by atoms with Crippen molar-refractivity contribution in [2.24, 2.45) is 0 Å². The maximum Gasteiger partial charge on any atom is 0.180 e. The highest BCUT2D eigenvalue weighted by Gasteiger charge is 2.19. The van der Waals surface area contributed by atoms with Gasteiger partial charge in [-0.15, -0.1) is 0 Å². The van der Waals surface area contributed by atoms with Crippen LogP contribution in [0.1, 0.15) is 34.6 Å². The molecule has 0 fully saturated rings. The van der Waals surface area contributed by atoms with E-state index in [-0.39, 0.29) is 17.6 Å². The van der Waals surface area contributed by atoms with Gasteiger partial charge in [-0.2, -0.15) is 0 Å². The van der Waals surface area contributed by atoms with Gasteiger partial charge in [-0.3, -0.25) is 4.79 Å². The molecule has 2 aromatic carbocycles. The summed E-state index contributed by atoms with van der Waals surface area (Å²) in [6.45, 7) is 3.94. The van der Waals surface area contributed by atoms with Gasteiger partial charge in [0.2, 0.25) is 0 Å². The predicted octanol–water partition coefficient (Wildman–Crippen LogP) is 4.50. The van der Waals surface area contributed by atoms with Crippen LogP contribution in [-0.2, 0) is 0 Å².